The summed E-state index contributed by atoms with van der Waals surface area (Å²) in [5.41, 5.74) is 5.03. The Labute approximate surface area is 127 Å². The van der Waals surface area contributed by atoms with Crippen molar-refractivity contribution in [1.82, 2.24) is 4.90 Å². The lowest BCUT2D eigenvalue weighted by Crippen LogP contribution is -2.44. The smallest absolute Gasteiger partial charge is 0.334 e. The molecule has 21 heavy (non-hydrogen) atoms. The van der Waals surface area contributed by atoms with Crippen molar-refractivity contribution < 1.29 is 18.0 Å². The predicted molar refractivity (Wildman–Crippen MR) is 75.9 cm³/mol. The van der Waals surface area contributed by atoms with Crippen LogP contribution in [0.2, 0.25) is 0 Å². The van der Waals surface area contributed by atoms with Crippen LogP contribution < -0.4 is 5.73 Å². The maximum atomic E-state index is 14.2. The molecule has 7 heteroatoms. The first-order chi connectivity index (χ1) is 9.36. The van der Waals surface area contributed by atoms with Crippen LogP contribution in [-0.4, -0.2) is 29.9 Å². The number of nitrogens with two attached hydrogens (primary N) is 1. The number of carbonyl (C=O) groups excluding carboxylic acids is 1. The second-order valence-electron chi connectivity index (χ2n) is 5.23. The fraction of sp³-hybridized carbons (Fsp3) is 0.500. The van der Waals surface area contributed by atoms with Gasteiger partial charge in [-0.15, -0.1) is 12.4 Å². The van der Waals surface area contributed by atoms with Crippen LogP contribution in [0, 0.1) is 11.7 Å². The molecule has 1 saturated heterocycles. The van der Waals surface area contributed by atoms with Crippen LogP contribution in [0.25, 0.3) is 0 Å². The van der Waals surface area contributed by atoms with Gasteiger partial charge in [0.15, 0.2) is 0 Å². The van der Waals surface area contributed by atoms with Crippen LogP contribution in [0.15, 0.2) is 24.3 Å². The fourth-order valence-corrected chi connectivity index (χ4v) is 2.56. The molecule has 0 saturated carbocycles. The normalized spacial score (nSPS) is 22.0. The van der Waals surface area contributed by atoms with Gasteiger partial charge in [0.1, 0.15) is 5.82 Å². The third-order valence-electron chi connectivity index (χ3n) is 3.73. The molecule has 1 aromatic rings. The van der Waals surface area contributed by atoms with E-state index < -0.39 is 23.2 Å². The van der Waals surface area contributed by atoms with Gasteiger partial charge in [-0.25, -0.2) is 4.39 Å². The molecule has 0 radical (unpaired) electrons. The number of hydrogen-bond acceptors (Lipinski definition) is 2. The Morgan fingerprint density at radius 3 is 2.43 bits per heavy atom. The van der Waals surface area contributed by atoms with Crippen LogP contribution in [0.5, 0.6) is 0 Å². The summed E-state index contributed by atoms with van der Waals surface area (Å²) in [5.74, 6) is -5.45. The minimum Gasteiger partial charge on any atom is -0.334 e. The second kappa shape index (κ2) is 6.66. The number of benzene rings is 1. The van der Waals surface area contributed by atoms with E-state index in [0.717, 1.165) is 24.3 Å². The van der Waals surface area contributed by atoms with Gasteiger partial charge >= 0.3 is 5.92 Å². The first-order valence-corrected chi connectivity index (χ1v) is 6.51. The van der Waals surface area contributed by atoms with Crippen LogP contribution in [0.1, 0.15) is 18.9 Å². The predicted octanol–water partition coefficient (Wildman–Crippen LogP) is 2.54. The van der Waals surface area contributed by atoms with Crippen LogP contribution in [0.4, 0.5) is 13.2 Å². The van der Waals surface area contributed by atoms with Crippen molar-refractivity contribution in [3.05, 3.63) is 35.6 Å². The molecule has 0 spiro atoms. The molecule has 0 aromatic heterocycles. The Bertz CT molecular complexity index is 495. The number of nitrogens with zero attached hydrogens (tertiary/aromatic N) is 1. The quantitative estimate of drug-likeness (QED) is 0.929. The summed E-state index contributed by atoms with van der Waals surface area (Å²) in [6.45, 7) is 2.35. The van der Waals surface area contributed by atoms with Gasteiger partial charge in [0, 0.05) is 18.2 Å². The summed E-state index contributed by atoms with van der Waals surface area (Å²) in [6, 6.07) is 3.46. The lowest BCUT2D eigenvalue weighted by Gasteiger charge is -2.26. The Hall–Kier alpha value is -1.27. The van der Waals surface area contributed by atoms with Gasteiger partial charge in [0.25, 0.3) is 5.91 Å². The summed E-state index contributed by atoms with van der Waals surface area (Å²) in [7, 11) is 0. The zero-order chi connectivity index (χ0) is 14.9. The molecule has 1 aromatic carbocycles. The standard InChI is InChI=1S/C14H17F3N2O.ClH/c1-9-6-10(7-18)8-19(9)13(20)14(16,17)11-2-4-12(15)5-3-11;/h2-5,9-10H,6-8,18H2,1H3;1H. The van der Waals surface area contributed by atoms with Gasteiger partial charge in [0.05, 0.1) is 0 Å². The highest BCUT2D eigenvalue weighted by Gasteiger charge is 2.47. The lowest BCUT2D eigenvalue weighted by molar-refractivity contribution is -0.159. The molecule has 1 aliphatic rings. The maximum absolute atomic E-state index is 14.2. The number of likely N-dealkylation sites (tertiary alicyclic amines) is 1. The number of halogens is 4. The zero-order valence-electron chi connectivity index (χ0n) is 11.6. The average Bonchev–Trinajstić information content (AvgIpc) is 2.79. The molecule has 0 aliphatic carbocycles. The highest BCUT2D eigenvalue weighted by Crippen LogP contribution is 2.34. The van der Waals surface area contributed by atoms with E-state index in [1.807, 2.05) is 0 Å². The summed E-state index contributed by atoms with van der Waals surface area (Å²) >= 11 is 0. The van der Waals surface area contributed by atoms with Gasteiger partial charge in [-0.05, 0) is 50.1 Å². The van der Waals surface area contributed by atoms with Crippen molar-refractivity contribution in [2.45, 2.75) is 25.3 Å². The van der Waals surface area contributed by atoms with Crippen molar-refractivity contribution in [1.29, 1.82) is 0 Å². The van der Waals surface area contributed by atoms with Gasteiger partial charge in [-0.1, -0.05) is 0 Å². The van der Waals surface area contributed by atoms with Crippen molar-refractivity contribution in [2.75, 3.05) is 13.1 Å². The molecule has 118 valence electrons. The van der Waals surface area contributed by atoms with Gasteiger partial charge in [-0.3, -0.25) is 4.79 Å². The molecule has 0 bridgehead atoms. The largest absolute Gasteiger partial charge is 0.349 e. The highest BCUT2D eigenvalue weighted by molar-refractivity contribution is 5.85. The minimum atomic E-state index is -3.65. The maximum Gasteiger partial charge on any atom is 0.349 e. The molecule has 2 N–H and O–H groups in total. The van der Waals surface area contributed by atoms with E-state index in [-0.39, 0.29) is 30.9 Å². The third-order valence-corrected chi connectivity index (χ3v) is 3.73. The molecule has 1 amide bonds. The van der Waals surface area contributed by atoms with Crippen molar-refractivity contribution in [3.8, 4) is 0 Å². The topological polar surface area (TPSA) is 46.3 Å². The molecule has 1 heterocycles. The summed E-state index contributed by atoms with van der Waals surface area (Å²) in [4.78, 5) is 13.2. The Morgan fingerprint density at radius 1 is 1.38 bits per heavy atom. The SMILES string of the molecule is CC1CC(CN)CN1C(=O)C(F)(F)c1ccc(F)cc1.Cl. The lowest BCUT2D eigenvalue weighted by atomic mass is 10.1. The van der Waals surface area contributed by atoms with Gasteiger partial charge in [-0.2, -0.15) is 8.78 Å². The number of rotatable bonds is 3. The number of carbonyl (C=O) groups is 1. The van der Waals surface area contributed by atoms with Crippen LogP contribution >= 0.6 is 12.4 Å². The first kappa shape index (κ1) is 17.8. The van der Waals surface area contributed by atoms with Crippen molar-refractivity contribution >= 4 is 18.3 Å². The van der Waals surface area contributed by atoms with E-state index >= 15 is 0 Å². The molecule has 2 unspecified atom stereocenters. The van der Waals surface area contributed by atoms with Crippen molar-refractivity contribution in [2.24, 2.45) is 11.7 Å². The average molecular weight is 323 g/mol. The van der Waals surface area contributed by atoms with E-state index in [1.165, 1.54) is 4.90 Å². The summed E-state index contributed by atoms with van der Waals surface area (Å²) < 4.78 is 41.2. The van der Waals surface area contributed by atoms with Crippen molar-refractivity contribution in [3.63, 3.8) is 0 Å². The molecule has 2 rings (SSSR count). The fourth-order valence-electron chi connectivity index (χ4n) is 2.56. The highest BCUT2D eigenvalue weighted by atomic mass is 35.5. The second-order valence-corrected chi connectivity index (χ2v) is 5.23. The summed E-state index contributed by atoms with van der Waals surface area (Å²) in [5, 5.41) is 0. The first-order valence-electron chi connectivity index (χ1n) is 6.51. The molecular formula is C14H18ClF3N2O. The van der Waals surface area contributed by atoms with E-state index in [9.17, 15) is 18.0 Å². The molecule has 3 nitrogen and oxygen atoms in total. The zero-order valence-corrected chi connectivity index (χ0v) is 12.4. The molecule has 1 fully saturated rings. The van der Waals surface area contributed by atoms with E-state index in [4.69, 9.17) is 5.73 Å². The Kier molecular flexibility index (Phi) is 5.64. The number of hydrogen-bond donors (Lipinski definition) is 1. The van der Waals surface area contributed by atoms with Crippen LogP contribution in [-0.2, 0) is 10.7 Å². The minimum absolute atomic E-state index is 0. The molecule has 1 aliphatic heterocycles. The van der Waals surface area contributed by atoms with E-state index in [1.54, 1.807) is 6.92 Å². The van der Waals surface area contributed by atoms with Crippen LogP contribution in [0.3, 0.4) is 0 Å². The number of amides is 1. The van der Waals surface area contributed by atoms with E-state index in [2.05, 4.69) is 0 Å². The Balaban J connectivity index is 0.00000220. The summed E-state index contributed by atoms with van der Waals surface area (Å²) in [6.07, 6.45) is 0.627. The van der Waals surface area contributed by atoms with Gasteiger partial charge in [0.2, 0.25) is 0 Å². The monoisotopic (exact) mass is 322 g/mol. The molecular weight excluding hydrogens is 305 g/mol. The van der Waals surface area contributed by atoms with E-state index in [0.29, 0.717) is 13.0 Å². The number of alkyl halides is 2. The molecule has 2 atom stereocenters. The third kappa shape index (κ3) is 3.49. The Morgan fingerprint density at radius 2 is 1.95 bits per heavy atom. The van der Waals surface area contributed by atoms with Gasteiger partial charge < -0.3 is 10.6 Å².